The Labute approximate surface area is 125 Å². The van der Waals surface area contributed by atoms with Crippen LogP contribution in [0.15, 0.2) is 63.8 Å². The molecule has 0 saturated heterocycles. The van der Waals surface area contributed by atoms with Crippen molar-refractivity contribution in [2.75, 3.05) is 0 Å². The van der Waals surface area contributed by atoms with Crippen molar-refractivity contribution in [2.45, 2.75) is 0 Å². The van der Waals surface area contributed by atoms with Crippen LogP contribution in [0.3, 0.4) is 0 Å². The van der Waals surface area contributed by atoms with Crippen molar-refractivity contribution in [1.29, 1.82) is 0 Å². The number of hydrogen-bond donors (Lipinski definition) is 0. The number of aromatic nitrogens is 2. The van der Waals surface area contributed by atoms with Crippen LogP contribution in [0.25, 0.3) is 34.0 Å². The molecule has 0 N–H and O–H groups in total. The Morgan fingerprint density at radius 1 is 1.00 bits per heavy atom. The third-order valence-electron chi connectivity index (χ3n) is 3.13. The van der Waals surface area contributed by atoms with E-state index in [9.17, 15) is 0 Å². The first-order valence-corrected chi connectivity index (χ1v) is 6.74. The van der Waals surface area contributed by atoms with E-state index in [0.717, 1.165) is 5.39 Å². The summed E-state index contributed by atoms with van der Waals surface area (Å²) in [6.07, 6.45) is 3.29. The fraction of sp³-hybridized carbons (Fsp3) is 0. The molecule has 5 heteroatoms. The van der Waals surface area contributed by atoms with Gasteiger partial charge in [0.05, 0.1) is 6.26 Å². The first kappa shape index (κ1) is 12.2. The van der Waals surface area contributed by atoms with Crippen molar-refractivity contribution in [1.82, 2.24) is 9.97 Å². The zero-order valence-corrected chi connectivity index (χ0v) is 11.5. The van der Waals surface area contributed by atoms with Crippen molar-refractivity contribution in [3.63, 3.8) is 0 Å². The molecule has 0 fully saturated rings. The largest absolute Gasteiger partial charge is 0.463 e. The van der Waals surface area contributed by atoms with Gasteiger partial charge in [-0.3, -0.25) is 0 Å². The van der Waals surface area contributed by atoms with E-state index in [1.807, 2.05) is 30.3 Å². The second kappa shape index (κ2) is 4.75. The molecule has 0 bridgehead atoms. The summed E-state index contributed by atoms with van der Waals surface area (Å²) < 4.78 is 11.1. The summed E-state index contributed by atoms with van der Waals surface area (Å²) in [5.74, 6) is 1.80. The van der Waals surface area contributed by atoms with Gasteiger partial charge in [0.25, 0.3) is 0 Å². The van der Waals surface area contributed by atoms with Crippen molar-refractivity contribution in [3.05, 3.63) is 59.9 Å². The molecule has 0 aliphatic heterocycles. The SMILES string of the molecule is Clc1ccc2cc(-c3nccc(-c4ccco4)n3)oc2c1. The predicted molar refractivity (Wildman–Crippen MR) is 80.0 cm³/mol. The second-order valence-corrected chi connectivity index (χ2v) is 4.97. The molecule has 21 heavy (non-hydrogen) atoms. The van der Waals surface area contributed by atoms with Gasteiger partial charge < -0.3 is 8.83 Å². The van der Waals surface area contributed by atoms with Gasteiger partial charge in [0.1, 0.15) is 11.3 Å². The lowest BCUT2D eigenvalue weighted by Gasteiger charge is -1.98. The normalized spacial score (nSPS) is 11.1. The molecule has 0 radical (unpaired) electrons. The Bertz CT molecular complexity index is 913. The maximum Gasteiger partial charge on any atom is 0.196 e. The molecule has 0 spiro atoms. The minimum Gasteiger partial charge on any atom is -0.463 e. The lowest BCUT2D eigenvalue weighted by atomic mass is 10.2. The van der Waals surface area contributed by atoms with Crippen LogP contribution in [0.4, 0.5) is 0 Å². The van der Waals surface area contributed by atoms with Crippen molar-refractivity contribution < 1.29 is 8.83 Å². The summed E-state index contributed by atoms with van der Waals surface area (Å²) in [7, 11) is 0. The molecule has 3 heterocycles. The van der Waals surface area contributed by atoms with E-state index >= 15 is 0 Å². The number of halogens is 1. The van der Waals surface area contributed by atoms with E-state index in [1.54, 1.807) is 24.6 Å². The highest BCUT2D eigenvalue weighted by atomic mass is 35.5. The molecular weight excluding hydrogens is 288 g/mol. The van der Waals surface area contributed by atoms with Crippen molar-refractivity contribution in [3.8, 4) is 23.0 Å². The maximum absolute atomic E-state index is 5.96. The van der Waals surface area contributed by atoms with Crippen LogP contribution in [-0.4, -0.2) is 9.97 Å². The maximum atomic E-state index is 5.96. The quantitative estimate of drug-likeness (QED) is 0.533. The number of furan rings is 2. The number of hydrogen-bond acceptors (Lipinski definition) is 4. The van der Waals surface area contributed by atoms with Gasteiger partial charge in [-0.05, 0) is 36.4 Å². The van der Waals surface area contributed by atoms with E-state index < -0.39 is 0 Å². The van der Waals surface area contributed by atoms with Gasteiger partial charge in [0.15, 0.2) is 17.3 Å². The lowest BCUT2D eigenvalue weighted by molar-refractivity contribution is 0.579. The summed E-state index contributed by atoms with van der Waals surface area (Å²) in [6, 6.07) is 12.9. The zero-order chi connectivity index (χ0) is 14.2. The second-order valence-electron chi connectivity index (χ2n) is 4.54. The van der Waals surface area contributed by atoms with Crippen molar-refractivity contribution in [2.24, 2.45) is 0 Å². The zero-order valence-electron chi connectivity index (χ0n) is 10.8. The Morgan fingerprint density at radius 2 is 1.95 bits per heavy atom. The van der Waals surface area contributed by atoms with Crippen LogP contribution in [0.2, 0.25) is 5.02 Å². The van der Waals surface area contributed by atoms with Crippen LogP contribution < -0.4 is 0 Å². The van der Waals surface area contributed by atoms with E-state index in [1.165, 1.54) is 0 Å². The third kappa shape index (κ3) is 2.19. The standard InChI is InChI=1S/C16H9ClN2O2/c17-11-4-3-10-8-15(21-14(10)9-11)16-18-6-5-12(19-16)13-2-1-7-20-13/h1-9H. The monoisotopic (exact) mass is 296 g/mol. The fourth-order valence-electron chi connectivity index (χ4n) is 2.15. The molecule has 0 aliphatic carbocycles. The van der Waals surface area contributed by atoms with Crippen LogP contribution in [0.5, 0.6) is 0 Å². The molecule has 4 aromatic rings. The van der Waals surface area contributed by atoms with E-state index in [2.05, 4.69) is 9.97 Å². The first-order valence-electron chi connectivity index (χ1n) is 6.36. The van der Waals surface area contributed by atoms with Gasteiger partial charge in [-0.1, -0.05) is 11.6 Å². The van der Waals surface area contributed by atoms with Gasteiger partial charge in [0, 0.05) is 22.7 Å². The van der Waals surface area contributed by atoms with Gasteiger partial charge in [-0.2, -0.15) is 0 Å². The average Bonchev–Trinajstić information content (AvgIpc) is 3.16. The molecule has 0 unspecified atom stereocenters. The third-order valence-corrected chi connectivity index (χ3v) is 3.37. The molecule has 4 nitrogen and oxygen atoms in total. The molecule has 4 rings (SSSR count). The number of fused-ring (bicyclic) bond motifs is 1. The summed E-state index contributed by atoms with van der Waals surface area (Å²) in [5.41, 5.74) is 1.42. The Hall–Kier alpha value is -2.59. The number of nitrogens with zero attached hydrogens (tertiary/aromatic N) is 2. The Balaban J connectivity index is 1.83. The molecule has 0 aliphatic rings. The summed E-state index contributed by atoms with van der Waals surface area (Å²) >= 11 is 5.96. The lowest BCUT2D eigenvalue weighted by Crippen LogP contribution is -1.89. The van der Waals surface area contributed by atoms with Gasteiger partial charge in [-0.25, -0.2) is 9.97 Å². The Kier molecular flexibility index (Phi) is 2.75. The molecular formula is C16H9ClN2O2. The summed E-state index contributed by atoms with van der Waals surface area (Å²) in [4.78, 5) is 8.73. The van der Waals surface area contributed by atoms with E-state index in [-0.39, 0.29) is 0 Å². The van der Waals surface area contributed by atoms with Crippen LogP contribution in [0, 0.1) is 0 Å². The highest BCUT2D eigenvalue weighted by Gasteiger charge is 2.11. The Morgan fingerprint density at radius 3 is 2.81 bits per heavy atom. The fourth-order valence-corrected chi connectivity index (χ4v) is 2.32. The molecule has 102 valence electrons. The number of benzene rings is 1. The smallest absolute Gasteiger partial charge is 0.196 e. The van der Waals surface area contributed by atoms with E-state index in [0.29, 0.717) is 33.6 Å². The average molecular weight is 297 g/mol. The molecule has 0 atom stereocenters. The summed E-state index contributed by atoms with van der Waals surface area (Å²) in [5, 5.41) is 1.59. The molecule has 3 aromatic heterocycles. The minimum atomic E-state index is 0.510. The molecule has 0 saturated carbocycles. The first-order chi connectivity index (χ1) is 10.3. The highest BCUT2D eigenvalue weighted by molar-refractivity contribution is 6.31. The summed E-state index contributed by atoms with van der Waals surface area (Å²) in [6.45, 7) is 0. The van der Waals surface area contributed by atoms with E-state index in [4.69, 9.17) is 20.4 Å². The minimum absolute atomic E-state index is 0.510. The predicted octanol–water partition coefficient (Wildman–Crippen LogP) is 4.80. The van der Waals surface area contributed by atoms with Crippen LogP contribution in [0.1, 0.15) is 0 Å². The molecule has 1 aromatic carbocycles. The molecule has 0 amide bonds. The topological polar surface area (TPSA) is 52.1 Å². The van der Waals surface area contributed by atoms with Gasteiger partial charge in [-0.15, -0.1) is 0 Å². The van der Waals surface area contributed by atoms with Gasteiger partial charge in [0.2, 0.25) is 0 Å². The van der Waals surface area contributed by atoms with Crippen molar-refractivity contribution >= 4 is 22.6 Å². The van der Waals surface area contributed by atoms with Crippen LogP contribution in [-0.2, 0) is 0 Å². The number of rotatable bonds is 2. The van der Waals surface area contributed by atoms with Crippen LogP contribution >= 0.6 is 11.6 Å². The highest BCUT2D eigenvalue weighted by Crippen LogP contribution is 2.28. The van der Waals surface area contributed by atoms with Gasteiger partial charge >= 0.3 is 0 Å².